The summed E-state index contributed by atoms with van der Waals surface area (Å²) in [5.74, 6) is 0.0293. The van der Waals surface area contributed by atoms with Gasteiger partial charge in [-0.15, -0.1) is 0 Å². The number of methoxy groups -OCH3 is 1. The Morgan fingerprint density at radius 1 is 1.08 bits per heavy atom. The van der Waals surface area contributed by atoms with Gasteiger partial charge in [-0.1, -0.05) is 26.8 Å². The third-order valence-electron chi connectivity index (χ3n) is 3.29. The number of hydrogen-bond donors (Lipinski definition) is 2. The highest BCUT2D eigenvalue weighted by Gasteiger charge is 2.22. The van der Waals surface area contributed by atoms with Crippen molar-refractivity contribution < 1.29 is 14.3 Å². The standard InChI is InChI=1S/C18H21N3O3/c1-18(2,3)17(23)21-13-9-8-12(11-15(13)24-4)20-16(22)14-7-5-6-10-19-14/h5-11H,1-4H3,(H,20,22)(H,21,23). The Hall–Kier alpha value is -2.89. The monoisotopic (exact) mass is 327 g/mol. The number of nitrogens with one attached hydrogen (secondary N) is 2. The van der Waals surface area contributed by atoms with Crippen molar-refractivity contribution in [2.45, 2.75) is 20.8 Å². The van der Waals surface area contributed by atoms with E-state index in [9.17, 15) is 9.59 Å². The number of ether oxygens (including phenoxy) is 1. The van der Waals surface area contributed by atoms with Crippen LogP contribution >= 0.6 is 0 Å². The predicted molar refractivity (Wildman–Crippen MR) is 93.3 cm³/mol. The maximum atomic E-state index is 12.1. The number of amides is 2. The van der Waals surface area contributed by atoms with Crippen LogP contribution in [0.1, 0.15) is 31.3 Å². The van der Waals surface area contributed by atoms with E-state index in [1.54, 1.807) is 42.6 Å². The lowest BCUT2D eigenvalue weighted by atomic mass is 9.95. The molecule has 0 fully saturated rings. The molecule has 126 valence electrons. The van der Waals surface area contributed by atoms with Crippen molar-refractivity contribution in [3.05, 3.63) is 48.3 Å². The average Bonchev–Trinajstić information content (AvgIpc) is 2.56. The number of carbonyl (C=O) groups excluding carboxylic acids is 2. The molecule has 2 amide bonds. The number of hydrogen-bond acceptors (Lipinski definition) is 4. The minimum atomic E-state index is -0.517. The van der Waals surface area contributed by atoms with Crippen molar-refractivity contribution in [3.63, 3.8) is 0 Å². The van der Waals surface area contributed by atoms with Crippen LogP contribution in [0.4, 0.5) is 11.4 Å². The van der Waals surface area contributed by atoms with Crippen molar-refractivity contribution in [2.24, 2.45) is 5.41 Å². The summed E-state index contributed by atoms with van der Waals surface area (Å²) < 4.78 is 5.31. The molecule has 1 aromatic carbocycles. The molecule has 0 aliphatic carbocycles. The largest absolute Gasteiger partial charge is 0.494 e. The molecule has 0 atom stereocenters. The molecule has 2 N–H and O–H groups in total. The number of anilines is 2. The fraction of sp³-hybridized carbons (Fsp3) is 0.278. The maximum Gasteiger partial charge on any atom is 0.274 e. The third-order valence-corrected chi connectivity index (χ3v) is 3.29. The van der Waals surface area contributed by atoms with Gasteiger partial charge in [-0.25, -0.2) is 0 Å². The van der Waals surface area contributed by atoms with Gasteiger partial charge in [-0.3, -0.25) is 14.6 Å². The molecule has 0 radical (unpaired) electrons. The number of pyridine rings is 1. The maximum absolute atomic E-state index is 12.1. The molecule has 0 saturated heterocycles. The van der Waals surface area contributed by atoms with Crippen molar-refractivity contribution in [2.75, 3.05) is 17.7 Å². The molecule has 0 spiro atoms. The second-order valence-electron chi connectivity index (χ2n) is 6.29. The fourth-order valence-electron chi connectivity index (χ4n) is 1.87. The second kappa shape index (κ2) is 7.12. The lowest BCUT2D eigenvalue weighted by molar-refractivity contribution is -0.123. The van der Waals surface area contributed by atoms with E-state index in [0.717, 1.165) is 0 Å². The van der Waals surface area contributed by atoms with Gasteiger partial charge >= 0.3 is 0 Å². The van der Waals surface area contributed by atoms with E-state index in [0.29, 0.717) is 22.8 Å². The van der Waals surface area contributed by atoms with Crippen LogP contribution in [0.15, 0.2) is 42.6 Å². The first kappa shape index (κ1) is 17.5. The van der Waals surface area contributed by atoms with E-state index in [-0.39, 0.29) is 11.8 Å². The van der Waals surface area contributed by atoms with Crippen LogP contribution in [-0.4, -0.2) is 23.9 Å². The van der Waals surface area contributed by atoms with Crippen molar-refractivity contribution in [3.8, 4) is 5.75 Å². The van der Waals surface area contributed by atoms with Gasteiger partial charge in [0.05, 0.1) is 12.8 Å². The van der Waals surface area contributed by atoms with E-state index in [1.807, 2.05) is 20.8 Å². The minimum Gasteiger partial charge on any atom is -0.494 e. The molecule has 0 saturated carbocycles. The highest BCUT2D eigenvalue weighted by atomic mass is 16.5. The SMILES string of the molecule is COc1cc(NC(=O)c2ccccn2)ccc1NC(=O)C(C)(C)C. The third kappa shape index (κ3) is 4.32. The van der Waals surface area contributed by atoms with Gasteiger partial charge < -0.3 is 15.4 Å². The molecule has 1 aromatic heterocycles. The minimum absolute atomic E-state index is 0.119. The quantitative estimate of drug-likeness (QED) is 0.902. The first-order valence-electron chi connectivity index (χ1n) is 7.53. The van der Waals surface area contributed by atoms with E-state index in [4.69, 9.17) is 4.74 Å². The van der Waals surface area contributed by atoms with Crippen LogP contribution in [0.2, 0.25) is 0 Å². The Morgan fingerprint density at radius 2 is 1.83 bits per heavy atom. The van der Waals surface area contributed by atoms with E-state index >= 15 is 0 Å². The fourth-order valence-corrected chi connectivity index (χ4v) is 1.87. The first-order valence-corrected chi connectivity index (χ1v) is 7.53. The Morgan fingerprint density at radius 3 is 2.42 bits per heavy atom. The lowest BCUT2D eigenvalue weighted by Crippen LogP contribution is -2.27. The molecule has 6 nitrogen and oxygen atoms in total. The summed E-state index contributed by atoms with van der Waals surface area (Å²) in [6.45, 7) is 5.49. The molecular formula is C18H21N3O3. The van der Waals surface area contributed by atoms with Gasteiger partial charge in [0, 0.05) is 23.4 Å². The molecule has 1 heterocycles. The Kier molecular flexibility index (Phi) is 5.18. The Balaban J connectivity index is 2.17. The van der Waals surface area contributed by atoms with Crippen molar-refractivity contribution in [1.82, 2.24) is 4.98 Å². The molecule has 0 unspecified atom stereocenters. The van der Waals surface area contributed by atoms with Crippen LogP contribution in [0.25, 0.3) is 0 Å². The molecule has 0 bridgehead atoms. The van der Waals surface area contributed by atoms with Gasteiger partial charge in [0.1, 0.15) is 11.4 Å². The van der Waals surface area contributed by atoms with Crippen LogP contribution < -0.4 is 15.4 Å². The highest BCUT2D eigenvalue weighted by molar-refractivity contribution is 6.03. The van der Waals surface area contributed by atoms with Gasteiger partial charge in [-0.05, 0) is 24.3 Å². The normalized spacial score (nSPS) is 10.8. The molecular weight excluding hydrogens is 306 g/mol. The predicted octanol–water partition coefficient (Wildman–Crippen LogP) is 3.33. The number of rotatable bonds is 4. The summed E-state index contributed by atoms with van der Waals surface area (Å²) in [5.41, 5.74) is 0.905. The van der Waals surface area contributed by atoms with Crippen LogP contribution in [0.5, 0.6) is 5.75 Å². The molecule has 0 aliphatic heterocycles. The zero-order valence-electron chi connectivity index (χ0n) is 14.2. The van der Waals surface area contributed by atoms with Crippen molar-refractivity contribution in [1.29, 1.82) is 0 Å². The number of benzene rings is 1. The van der Waals surface area contributed by atoms with Gasteiger partial charge in [-0.2, -0.15) is 0 Å². The average molecular weight is 327 g/mol. The smallest absolute Gasteiger partial charge is 0.274 e. The van der Waals surface area contributed by atoms with Crippen LogP contribution in [-0.2, 0) is 4.79 Å². The summed E-state index contributed by atoms with van der Waals surface area (Å²) in [5, 5.41) is 5.57. The second-order valence-corrected chi connectivity index (χ2v) is 6.29. The molecule has 24 heavy (non-hydrogen) atoms. The molecule has 2 rings (SSSR count). The number of nitrogens with zero attached hydrogens (tertiary/aromatic N) is 1. The zero-order chi connectivity index (χ0) is 17.7. The summed E-state index contributed by atoms with van der Waals surface area (Å²) >= 11 is 0. The van der Waals surface area contributed by atoms with Crippen LogP contribution in [0, 0.1) is 5.41 Å². The van der Waals surface area contributed by atoms with E-state index < -0.39 is 5.41 Å². The Bertz CT molecular complexity index is 737. The van der Waals surface area contributed by atoms with E-state index in [2.05, 4.69) is 15.6 Å². The first-order chi connectivity index (χ1) is 11.3. The topological polar surface area (TPSA) is 80.3 Å². The Labute approximate surface area is 141 Å². The molecule has 2 aromatic rings. The van der Waals surface area contributed by atoms with Crippen LogP contribution in [0.3, 0.4) is 0 Å². The molecule has 6 heteroatoms. The van der Waals surface area contributed by atoms with Crippen molar-refractivity contribution >= 4 is 23.2 Å². The summed E-state index contributed by atoms with van der Waals surface area (Å²) in [6.07, 6.45) is 1.56. The summed E-state index contributed by atoms with van der Waals surface area (Å²) in [7, 11) is 1.51. The van der Waals surface area contributed by atoms with Gasteiger partial charge in [0.2, 0.25) is 5.91 Å². The van der Waals surface area contributed by atoms with Gasteiger partial charge in [0.15, 0.2) is 0 Å². The zero-order valence-corrected chi connectivity index (χ0v) is 14.2. The summed E-state index contributed by atoms with van der Waals surface area (Å²) in [4.78, 5) is 28.2. The lowest BCUT2D eigenvalue weighted by Gasteiger charge is -2.19. The summed E-state index contributed by atoms with van der Waals surface area (Å²) in [6, 6.07) is 10.2. The highest BCUT2D eigenvalue weighted by Crippen LogP contribution is 2.29. The number of carbonyl (C=O) groups is 2. The molecule has 0 aliphatic rings. The van der Waals surface area contributed by atoms with E-state index in [1.165, 1.54) is 7.11 Å². The van der Waals surface area contributed by atoms with Gasteiger partial charge in [0.25, 0.3) is 5.91 Å². The number of aromatic nitrogens is 1.